The van der Waals surface area contributed by atoms with Crippen molar-refractivity contribution in [1.82, 2.24) is 19.9 Å². The fourth-order valence-electron chi connectivity index (χ4n) is 2.21. The van der Waals surface area contributed by atoms with Crippen molar-refractivity contribution in [2.75, 3.05) is 7.11 Å². The van der Waals surface area contributed by atoms with Gasteiger partial charge in [0.1, 0.15) is 0 Å². The maximum Gasteiger partial charge on any atom is 0.308 e. The predicted molar refractivity (Wildman–Crippen MR) is 97.9 cm³/mol. The third-order valence-electron chi connectivity index (χ3n) is 3.35. The molecule has 132 valence electrons. The Hall–Kier alpha value is -3.33. The molecule has 1 aromatic carbocycles. The SMILES string of the molecule is COc1cc(/C=N\n2c(-c3ccncc3)n[nH]c2=S)ccc1OC(C)=O. The number of ether oxygens (including phenoxy) is 2. The molecule has 0 fully saturated rings. The van der Waals surface area contributed by atoms with Gasteiger partial charge in [-0.15, -0.1) is 0 Å². The van der Waals surface area contributed by atoms with Gasteiger partial charge in [-0.25, -0.2) is 5.10 Å². The molecule has 9 heteroatoms. The van der Waals surface area contributed by atoms with Crippen molar-refractivity contribution in [1.29, 1.82) is 0 Å². The van der Waals surface area contributed by atoms with Crippen LogP contribution in [0.25, 0.3) is 11.4 Å². The average molecular weight is 369 g/mol. The number of aromatic amines is 1. The molecule has 0 spiro atoms. The summed E-state index contributed by atoms with van der Waals surface area (Å²) in [5.74, 6) is 0.914. The number of rotatable bonds is 5. The van der Waals surface area contributed by atoms with Crippen molar-refractivity contribution in [3.63, 3.8) is 0 Å². The van der Waals surface area contributed by atoms with Crippen LogP contribution >= 0.6 is 12.2 Å². The van der Waals surface area contributed by atoms with E-state index in [1.54, 1.807) is 36.8 Å². The quantitative estimate of drug-likeness (QED) is 0.322. The van der Waals surface area contributed by atoms with E-state index in [1.165, 1.54) is 18.7 Å². The zero-order chi connectivity index (χ0) is 18.5. The molecule has 0 aliphatic heterocycles. The van der Waals surface area contributed by atoms with Gasteiger partial charge in [0, 0.05) is 24.9 Å². The molecule has 1 N–H and O–H groups in total. The van der Waals surface area contributed by atoms with Crippen LogP contribution in [-0.2, 0) is 4.79 Å². The minimum absolute atomic E-state index is 0.342. The molecule has 0 saturated heterocycles. The van der Waals surface area contributed by atoms with Gasteiger partial charge in [0.15, 0.2) is 17.3 Å². The van der Waals surface area contributed by atoms with Crippen LogP contribution < -0.4 is 9.47 Å². The summed E-state index contributed by atoms with van der Waals surface area (Å²) in [5, 5.41) is 11.3. The number of carbonyl (C=O) groups excluding carboxylic acids is 1. The van der Waals surface area contributed by atoms with Gasteiger partial charge in [-0.3, -0.25) is 9.78 Å². The molecule has 26 heavy (non-hydrogen) atoms. The monoisotopic (exact) mass is 369 g/mol. The second-order valence-corrected chi connectivity index (χ2v) is 5.54. The normalized spacial score (nSPS) is 10.8. The Balaban J connectivity index is 1.93. The van der Waals surface area contributed by atoms with E-state index in [2.05, 4.69) is 20.3 Å². The summed E-state index contributed by atoms with van der Waals surface area (Å²) in [6.45, 7) is 1.33. The highest BCUT2D eigenvalue weighted by atomic mass is 32.1. The molecule has 8 nitrogen and oxygen atoms in total. The smallest absolute Gasteiger partial charge is 0.308 e. The van der Waals surface area contributed by atoms with Gasteiger partial charge in [-0.1, -0.05) is 0 Å². The van der Waals surface area contributed by atoms with Gasteiger partial charge < -0.3 is 9.47 Å². The second kappa shape index (κ2) is 7.70. The maximum atomic E-state index is 11.1. The minimum atomic E-state index is -0.420. The number of carbonyl (C=O) groups is 1. The number of methoxy groups -OCH3 is 1. The van der Waals surface area contributed by atoms with E-state index in [0.717, 1.165) is 11.1 Å². The highest BCUT2D eigenvalue weighted by molar-refractivity contribution is 7.71. The lowest BCUT2D eigenvalue weighted by Gasteiger charge is -2.08. The van der Waals surface area contributed by atoms with Gasteiger partial charge >= 0.3 is 5.97 Å². The Kier molecular flexibility index (Phi) is 5.18. The first kappa shape index (κ1) is 17.5. The predicted octanol–water partition coefficient (Wildman–Crippen LogP) is 2.82. The number of H-pyrrole nitrogens is 1. The Bertz CT molecular complexity index is 1010. The Labute approximate surface area is 154 Å². The number of nitrogens with zero attached hydrogens (tertiary/aromatic N) is 4. The van der Waals surface area contributed by atoms with E-state index >= 15 is 0 Å². The molecular weight excluding hydrogens is 354 g/mol. The molecule has 0 bridgehead atoms. The summed E-state index contributed by atoms with van der Waals surface area (Å²) < 4.78 is 12.2. The van der Waals surface area contributed by atoms with Crippen molar-refractivity contribution in [3.8, 4) is 22.9 Å². The van der Waals surface area contributed by atoms with Gasteiger partial charge in [-0.2, -0.15) is 14.9 Å². The molecule has 2 heterocycles. The molecule has 3 aromatic rings. The number of hydrogen-bond donors (Lipinski definition) is 1. The summed E-state index contributed by atoms with van der Waals surface area (Å²) in [5.41, 5.74) is 1.56. The molecule has 0 aliphatic carbocycles. The average Bonchev–Trinajstić information content (AvgIpc) is 3.01. The summed E-state index contributed by atoms with van der Waals surface area (Å²) in [6.07, 6.45) is 4.94. The molecule has 2 aromatic heterocycles. The molecule has 0 radical (unpaired) electrons. The lowest BCUT2D eigenvalue weighted by Crippen LogP contribution is -2.03. The van der Waals surface area contributed by atoms with E-state index in [-0.39, 0.29) is 0 Å². The van der Waals surface area contributed by atoms with Gasteiger partial charge in [0.05, 0.1) is 13.3 Å². The summed E-state index contributed by atoms with van der Waals surface area (Å²) in [7, 11) is 1.50. The molecule has 0 unspecified atom stereocenters. The van der Waals surface area contributed by atoms with Crippen LogP contribution in [0.15, 0.2) is 47.8 Å². The van der Waals surface area contributed by atoms with Crippen LogP contribution in [0.2, 0.25) is 0 Å². The van der Waals surface area contributed by atoms with Crippen molar-refractivity contribution >= 4 is 24.4 Å². The fraction of sp³-hybridized carbons (Fsp3) is 0.118. The summed E-state index contributed by atoms with van der Waals surface area (Å²) in [6, 6.07) is 8.72. The Morgan fingerprint density at radius 2 is 2.04 bits per heavy atom. The molecule has 0 amide bonds. The van der Waals surface area contributed by atoms with Crippen molar-refractivity contribution in [2.45, 2.75) is 6.92 Å². The molecule has 0 atom stereocenters. The van der Waals surface area contributed by atoms with Crippen LogP contribution in [0.1, 0.15) is 12.5 Å². The number of esters is 1. The topological polar surface area (TPSA) is 94.4 Å². The number of pyridine rings is 1. The summed E-state index contributed by atoms with van der Waals surface area (Å²) >= 11 is 5.24. The number of nitrogens with one attached hydrogen (secondary N) is 1. The molecule has 0 aliphatic rings. The molecule has 3 rings (SSSR count). The van der Waals surface area contributed by atoms with Gasteiger partial charge in [0.25, 0.3) is 0 Å². The van der Waals surface area contributed by atoms with Crippen molar-refractivity contribution in [2.24, 2.45) is 5.10 Å². The lowest BCUT2D eigenvalue weighted by atomic mass is 10.2. The van der Waals surface area contributed by atoms with E-state index in [1.807, 2.05) is 12.1 Å². The van der Waals surface area contributed by atoms with Crippen molar-refractivity contribution in [3.05, 3.63) is 53.1 Å². The van der Waals surface area contributed by atoms with Crippen LogP contribution in [0, 0.1) is 4.77 Å². The highest BCUT2D eigenvalue weighted by Gasteiger charge is 2.09. The van der Waals surface area contributed by atoms with E-state index in [0.29, 0.717) is 22.1 Å². The standard InChI is InChI=1S/C17H15N5O3S/c1-11(23)25-14-4-3-12(9-15(14)24-2)10-19-22-16(20-21-17(22)26)13-5-7-18-8-6-13/h3-10H,1-2H3,(H,21,26)/b19-10-. The first-order valence-corrected chi connectivity index (χ1v) is 7.98. The van der Waals surface area contributed by atoms with Crippen LogP contribution in [0.5, 0.6) is 11.5 Å². The minimum Gasteiger partial charge on any atom is -0.493 e. The third kappa shape index (κ3) is 3.83. The van der Waals surface area contributed by atoms with Crippen LogP contribution in [-0.4, -0.2) is 39.2 Å². The molecular formula is C17H15N5O3S. The first-order valence-electron chi connectivity index (χ1n) is 7.57. The number of hydrogen-bond acceptors (Lipinski definition) is 7. The van der Waals surface area contributed by atoms with Crippen LogP contribution in [0.3, 0.4) is 0 Å². The highest BCUT2D eigenvalue weighted by Crippen LogP contribution is 2.27. The number of aromatic nitrogens is 4. The van der Waals surface area contributed by atoms with Gasteiger partial charge in [-0.05, 0) is 48.1 Å². The fourth-order valence-corrected chi connectivity index (χ4v) is 2.39. The first-order chi connectivity index (χ1) is 12.6. The Morgan fingerprint density at radius 3 is 2.73 bits per heavy atom. The maximum absolute atomic E-state index is 11.1. The third-order valence-corrected chi connectivity index (χ3v) is 3.62. The second-order valence-electron chi connectivity index (χ2n) is 5.15. The van der Waals surface area contributed by atoms with E-state index in [9.17, 15) is 4.79 Å². The lowest BCUT2D eigenvalue weighted by molar-refractivity contribution is -0.132. The zero-order valence-corrected chi connectivity index (χ0v) is 14.9. The van der Waals surface area contributed by atoms with Gasteiger partial charge in [0.2, 0.25) is 4.77 Å². The van der Waals surface area contributed by atoms with E-state index < -0.39 is 5.97 Å². The van der Waals surface area contributed by atoms with Crippen LogP contribution in [0.4, 0.5) is 0 Å². The van der Waals surface area contributed by atoms with E-state index in [4.69, 9.17) is 21.7 Å². The number of benzene rings is 1. The Morgan fingerprint density at radius 1 is 1.27 bits per heavy atom. The summed E-state index contributed by atoms with van der Waals surface area (Å²) in [4.78, 5) is 15.1. The van der Waals surface area contributed by atoms with Crippen molar-refractivity contribution < 1.29 is 14.3 Å². The largest absolute Gasteiger partial charge is 0.493 e. The molecule has 0 saturated carbocycles. The zero-order valence-electron chi connectivity index (χ0n) is 14.0.